The summed E-state index contributed by atoms with van der Waals surface area (Å²) in [5.74, 6) is -0.665. The van der Waals surface area contributed by atoms with Crippen molar-refractivity contribution < 1.29 is 9.90 Å². The van der Waals surface area contributed by atoms with Gasteiger partial charge in [0, 0.05) is 5.69 Å². The lowest BCUT2D eigenvalue weighted by molar-refractivity contribution is -0.255. The maximum Gasteiger partial charge on any atom is 0.163 e. The second kappa shape index (κ2) is 6.64. The second-order valence-electron chi connectivity index (χ2n) is 5.74. The number of hydrogen-bond acceptors (Lipinski definition) is 6. The molecule has 0 amide bonds. The van der Waals surface area contributed by atoms with E-state index in [2.05, 4.69) is 20.4 Å². The van der Waals surface area contributed by atoms with Crippen molar-refractivity contribution in [1.82, 2.24) is 19.7 Å². The van der Waals surface area contributed by atoms with E-state index in [1.807, 2.05) is 30.3 Å². The number of nitrogens with zero attached hydrogens (tertiary/aromatic N) is 4. The van der Waals surface area contributed by atoms with Gasteiger partial charge in [0.2, 0.25) is 0 Å². The highest BCUT2D eigenvalue weighted by Gasteiger charge is 2.10. The van der Waals surface area contributed by atoms with Gasteiger partial charge in [0.25, 0.3) is 0 Å². The van der Waals surface area contributed by atoms with Crippen molar-refractivity contribution in [3.8, 4) is 0 Å². The van der Waals surface area contributed by atoms with Gasteiger partial charge in [-0.05, 0) is 23.3 Å². The third-order valence-corrected chi connectivity index (χ3v) is 3.97. The van der Waals surface area contributed by atoms with Gasteiger partial charge in [0.1, 0.15) is 12.1 Å². The van der Waals surface area contributed by atoms with Gasteiger partial charge in [0.05, 0.1) is 24.1 Å². The molecule has 0 spiro atoms. The standard InChI is InChI=1S/C19H15N5O2/c25-19(26)14-7-4-8-15(9-14)23-17-16-10-22-24(18(16)21-12-20-17)11-13-5-2-1-3-6-13/h1-10,12H,11H2,(H,25,26)(H,20,21,23)/p-1. The smallest absolute Gasteiger partial charge is 0.163 e. The number of carboxylic acids is 1. The molecular formula is C19H14N5O2-. The summed E-state index contributed by atoms with van der Waals surface area (Å²) in [7, 11) is 0. The molecule has 7 heteroatoms. The Kier molecular flexibility index (Phi) is 4.03. The van der Waals surface area contributed by atoms with E-state index in [4.69, 9.17) is 0 Å². The van der Waals surface area contributed by atoms with Crippen molar-refractivity contribution in [2.75, 3.05) is 5.32 Å². The van der Waals surface area contributed by atoms with Crippen LogP contribution in [0.15, 0.2) is 67.1 Å². The average Bonchev–Trinajstić information content (AvgIpc) is 3.07. The van der Waals surface area contributed by atoms with Crippen LogP contribution in [0, 0.1) is 0 Å². The molecule has 0 saturated heterocycles. The zero-order valence-corrected chi connectivity index (χ0v) is 13.7. The van der Waals surface area contributed by atoms with Crippen LogP contribution in [0.25, 0.3) is 11.0 Å². The first-order valence-corrected chi connectivity index (χ1v) is 7.99. The van der Waals surface area contributed by atoms with Gasteiger partial charge < -0.3 is 15.2 Å². The first-order valence-electron chi connectivity index (χ1n) is 7.99. The number of rotatable bonds is 5. The molecule has 0 aliphatic carbocycles. The zero-order valence-electron chi connectivity index (χ0n) is 13.7. The third-order valence-electron chi connectivity index (χ3n) is 3.97. The molecule has 0 unspecified atom stereocenters. The maximum absolute atomic E-state index is 11.0. The number of anilines is 2. The molecule has 0 fully saturated rings. The van der Waals surface area contributed by atoms with E-state index in [-0.39, 0.29) is 5.56 Å². The number of benzene rings is 2. The fourth-order valence-electron chi connectivity index (χ4n) is 2.73. The molecule has 4 aromatic rings. The fourth-order valence-corrected chi connectivity index (χ4v) is 2.73. The lowest BCUT2D eigenvalue weighted by atomic mass is 10.2. The van der Waals surface area contributed by atoms with Gasteiger partial charge in [-0.2, -0.15) is 5.10 Å². The summed E-state index contributed by atoms with van der Waals surface area (Å²) >= 11 is 0. The normalized spacial score (nSPS) is 10.8. The molecule has 0 saturated carbocycles. The Hall–Kier alpha value is -3.74. The topological polar surface area (TPSA) is 95.8 Å². The Bertz CT molecular complexity index is 1080. The quantitative estimate of drug-likeness (QED) is 0.595. The summed E-state index contributed by atoms with van der Waals surface area (Å²) in [6.07, 6.45) is 3.15. The zero-order chi connectivity index (χ0) is 17.9. The van der Waals surface area contributed by atoms with E-state index in [0.29, 0.717) is 23.7 Å². The molecule has 0 aliphatic rings. The molecule has 26 heavy (non-hydrogen) atoms. The number of aromatic nitrogens is 4. The number of nitrogens with one attached hydrogen (secondary N) is 1. The highest BCUT2D eigenvalue weighted by atomic mass is 16.4. The van der Waals surface area contributed by atoms with Crippen molar-refractivity contribution in [2.45, 2.75) is 6.54 Å². The van der Waals surface area contributed by atoms with Gasteiger partial charge in [-0.15, -0.1) is 0 Å². The summed E-state index contributed by atoms with van der Waals surface area (Å²) in [6.45, 7) is 0.598. The number of carboxylic acid groups (broad SMARTS) is 1. The van der Waals surface area contributed by atoms with Crippen LogP contribution in [0.3, 0.4) is 0 Å². The van der Waals surface area contributed by atoms with E-state index in [1.165, 1.54) is 18.5 Å². The monoisotopic (exact) mass is 344 g/mol. The van der Waals surface area contributed by atoms with Gasteiger partial charge in [0.15, 0.2) is 5.65 Å². The van der Waals surface area contributed by atoms with Crippen LogP contribution in [0.2, 0.25) is 0 Å². The van der Waals surface area contributed by atoms with E-state index < -0.39 is 5.97 Å². The predicted molar refractivity (Wildman–Crippen MR) is 94.9 cm³/mol. The first kappa shape index (κ1) is 15.8. The van der Waals surface area contributed by atoms with Crippen LogP contribution in [0.1, 0.15) is 15.9 Å². The summed E-state index contributed by atoms with van der Waals surface area (Å²) in [6, 6.07) is 16.4. The Balaban J connectivity index is 1.67. The Morgan fingerprint density at radius 3 is 2.73 bits per heavy atom. The fraction of sp³-hybridized carbons (Fsp3) is 0.0526. The molecule has 128 valence electrons. The number of fused-ring (bicyclic) bond motifs is 1. The Labute approximate surface area is 149 Å². The summed E-state index contributed by atoms with van der Waals surface area (Å²) < 4.78 is 1.80. The van der Waals surface area contributed by atoms with Crippen molar-refractivity contribution in [1.29, 1.82) is 0 Å². The number of aromatic carboxylic acids is 1. The largest absolute Gasteiger partial charge is 0.545 e. The third kappa shape index (κ3) is 3.10. The van der Waals surface area contributed by atoms with Crippen LogP contribution in [0.4, 0.5) is 11.5 Å². The van der Waals surface area contributed by atoms with Gasteiger partial charge >= 0.3 is 0 Å². The van der Waals surface area contributed by atoms with Crippen LogP contribution < -0.4 is 10.4 Å². The molecule has 0 radical (unpaired) electrons. The Morgan fingerprint density at radius 2 is 1.92 bits per heavy atom. The lowest BCUT2D eigenvalue weighted by Gasteiger charge is -2.09. The van der Waals surface area contributed by atoms with Crippen molar-refractivity contribution in [2.24, 2.45) is 0 Å². The highest BCUT2D eigenvalue weighted by Crippen LogP contribution is 2.23. The van der Waals surface area contributed by atoms with Gasteiger partial charge in [-0.25, -0.2) is 14.6 Å². The van der Waals surface area contributed by atoms with Crippen LogP contribution in [0.5, 0.6) is 0 Å². The molecule has 2 aromatic heterocycles. The second-order valence-corrected chi connectivity index (χ2v) is 5.74. The average molecular weight is 344 g/mol. The highest BCUT2D eigenvalue weighted by molar-refractivity contribution is 5.90. The predicted octanol–water partition coefficient (Wildman–Crippen LogP) is 1.98. The number of carbonyl (C=O) groups excluding carboxylic acids is 1. The number of hydrogen-bond donors (Lipinski definition) is 1. The van der Waals surface area contributed by atoms with Crippen molar-refractivity contribution in [3.05, 3.63) is 78.2 Å². The van der Waals surface area contributed by atoms with Crippen molar-refractivity contribution >= 4 is 28.5 Å². The van der Waals surface area contributed by atoms with Crippen molar-refractivity contribution in [3.63, 3.8) is 0 Å². The SMILES string of the molecule is O=C([O-])c1cccc(Nc2ncnc3c2cnn3Cc2ccccc2)c1. The number of carbonyl (C=O) groups is 1. The van der Waals surface area contributed by atoms with E-state index in [1.54, 1.807) is 23.0 Å². The maximum atomic E-state index is 11.0. The molecule has 0 aliphatic heterocycles. The molecule has 1 N–H and O–H groups in total. The Morgan fingerprint density at radius 1 is 1.08 bits per heavy atom. The van der Waals surface area contributed by atoms with Gasteiger partial charge in [-0.3, -0.25) is 0 Å². The lowest BCUT2D eigenvalue weighted by Crippen LogP contribution is -2.22. The minimum atomic E-state index is -1.22. The minimum Gasteiger partial charge on any atom is -0.545 e. The molecule has 0 atom stereocenters. The molecule has 2 aromatic carbocycles. The summed E-state index contributed by atoms with van der Waals surface area (Å²) in [4.78, 5) is 19.6. The molecule has 0 bridgehead atoms. The summed E-state index contributed by atoms with van der Waals surface area (Å²) in [5, 5.41) is 19.3. The molecule has 2 heterocycles. The van der Waals surface area contributed by atoms with Crippen LogP contribution in [-0.2, 0) is 6.54 Å². The summed E-state index contributed by atoms with van der Waals surface area (Å²) in [5.41, 5.74) is 2.51. The van der Waals surface area contributed by atoms with Gasteiger partial charge in [-0.1, -0.05) is 42.5 Å². The van der Waals surface area contributed by atoms with E-state index in [0.717, 1.165) is 10.9 Å². The van der Waals surface area contributed by atoms with E-state index in [9.17, 15) is 9.90 Å². The molecule has 4 rings (SSSR count). The van der Waals surface area contributed by atoms with Crippen LogP contribution >= 0.6 is 0 Å². The van der Waals surface area contributed by atoms with E-state index >= 15 is 0 Å². The van der Waals surface area contributed by atoms with Crippen LogP contribution in [-0.4, -0.2) is 25.7 Å². The minimum absolute atomic E-state index is 0.0973. The first-order chi connectivity index (χ1) is 12.7. The molecular weight excluding hydrogens is 330 g/mol. The molecule has 7 nitrogen and oxygen atoms in total.